The Morgan fingerprint density at radius 3 is 2.46 bits per heavy atom. The molecule has 1 aliphatic heterocycles. The first-order valence-corrected chi connectivity index (χ1v) is 13.8. The summed E-state index contributed by atoms with van der Waals surface area (Å²) in [5, 5.41) is 17.6. The highest BCUT2D eigenvalue weighted by Crippen LogP contribution is 2.27. The van der Waals surface area contributed by atoms with E-state index in [9.17, 15) is 28.1 Å². The number of nitro groups is 1. The summed E-state index contributed by atoms with van der Waals surface area (Å²) >= 11 is 0. The summed E-state index contributed by atoms with van der Waals surface area (Å²) in [5.41, 5.74) is 0.804. The number of hydrogen-bond acceptors (Lipinski definition) is 9. The number of nitro benzene ring substituents is 1. The second kappa shape index (κ2) is 12.2. The molecule has 0 radical (unpaired) electrons. The average molecular weight is 557 g/mol. The third-order valence-electron chi connectivity index (χ3n) is 6.46. The zero-order chi connectivity index (χ0) is 28.0. The fourth-order valence-corrected chi connectivity index (χ4v) is 5.85. The van der Waals surface area contributed by atoms with Gasteiger partial charge < -0.3 is 14.6 Å². The molecule has 0 unspecified atom stereocenters. The fraction of sp³-hybridized carbons (Fsp3) is 0.346. The van der Waals surface area contributed by atoms with Crippen LogP contribution in [0.25, 0.3) is 0 Å². The van der Waals surface area contributed by atoms with Crippen LogP contribution in [0.5, 0.6) is 0 Å². The first kappa shape index (κ1) is 27.9. The number of nitrogens with one attached hydrogen (secondary N) is 1. The highest BCUT2D eigenvalue weighted by atomic mass is 32.2. The molecule has 1 aliphatic rings. The Morgan fingerprint density at radius 2 is 1.82 bits per heavy atom. The molecular weight excluding hydrogens is 528 g/mol. The lowest BCUT2D eigenvalue weighted by Crippen LogP contribution is -2.37. The van der Waals surface area contributed by atoms with Gasteiger partial charge in [-0.2, -0.15) is 4.31 Å². The number of ether oxygens (including phenoxy) is 1. The highest BCUT2D eigenvalue weighted by molar-refractivity contribution is 7.89. The molecule has 0 saturated carbocycles. The van der Waals surface area contributed by atoms with Gasteiger partial charge in [-0.25, -0.2) is 13.2 Å². The van der Waals surface area contributed by atoms with E-state index in [1.165, 1.54) is 16.4 Å². The van der Waals surface area contributed by atoms with E-state index in [1.807, 2.05) is 0 Å². The third kappa shape index (κ3) is 7.06. The molecule has 13 heteroatoms. The first-order chi connectivity index (χ1) is 18.6. The molecule has 2 heterocycles. The van der Waals surface area contributed by atoms with E-state index in [0.29, 0.717) is 23.4 Å². The van der Waals surface area contributed by atoms with Crippen LogP contribution in [0.3, 0.4) is 0 Å². The molecule has 206 valence electrons. The number of sulfonamides is 1. The summed E-state index contributed by atoms with van der Waals surface area (Å²) in [4.78, 5) is 35.6. The zero-order valence-electron chi connectivity index (χ0n) is 21.2. The highest BCUT2D eigenvalue weighted by Gasteiger charge is 2.35. The number of esters is 1. The van der Waals surface area contributed by atoms with Gasteiger partial charge in [-0.3, -0.25) is 14.9 Å². The van der Waals surface area contributed by atoms with Gasteiger partial charge in [-0.1, -0.05) is 23.4 Å². The Morgan fingerprint density at radius 1 is 1.13 bits per heavy atom. The van der Waals surface area contributed by atoms with Crippen LogP contribution in [0, 0.1) is 23.0 Å². The van der Waals surface area contributed by atoms with Crippen molar-refractivity contribution in [3.63, 3.8) is 0 Å². The maximum atomic E-state index is 13.3. The van der Waals surface area contributed by atoms with Gasteiger partial charge in [0.1, 0.15) is 11.9 Å². The number of carbonyl (C=O) groups is 2. The van der Waals surface area contributed by atoms with Gasteiger partial charge in [0.05, 0.1) is 27.5 Å². The fourth-order valence-electron chi connectivity index (χ4n) is 4.38. The van der Waals surface area contributed by atoms with Gasteiger partial charge >= 0.3 is 5.97 Å². The van der Waals surface area contributed by atoms with Gasteiger partial charge in [0.15, 0.2) is 0 Å². The zero-order valence-corrected chi connectivity index (χ0v) is 22.0. The number of non-ortho nitro benzene ring substituents is 1. The van der Waals surface area contributed by atoms with Crippen LogP contribution < -0.4 is 5.32 Å². The molecule has 0 aliphatic carbocycles. The molecule has 2 aromatic carbocycles. The predicted octanol–water partition coefficient (Wildman–Crippen LogP) is 2.88. The lowest BCUT2D eigenvalue weighted by molar-refractivity contribution is -0.384. The monoisotopic (exact) mass is 556 g/mol. The molecule has 39 heavy (non-hydrogen) atoms. The largest absolute Gasteiger partial charge is 0.458 e. The third-order valence-corrected chi connectivity index (χ3v) is 8.38. The lowest BCUT2D eigenvalue weighted by atomic mass is 9.97. The van der Waals surface area contributed by atoms with Gasteiger partial charge in [0.2, 0.25) is 15.9 Å². The standard InChI is InChI=1S/C26H28N4O8S/c1-18-15-22(38-28-18)16-25(31)27-17-20-11-13-29(39(35,36)23-9-7-21(8-10-23)30(33)34)14-12-24(20)37-26(32)19-5-3-2-4-6-19/h2-10,15,20,24H,11-14,16-17H2,1H3,(H,27,31)/t20-,24-/m1/s1. The molecule has 3 aromatic rings. The van der Waals surface area contributed by atoms with E-state index in [2.05, 4.69) is 10.5 Å². The molecule has 1 amide bonds. The van der Waals surface area contributed by atoms with Crippen molar-refractivity contribution in [2.24, 2.45) is 5.92 Å². The van der Waals surface area contributed by atoms with E-state index >= 15 is 0 Å². The summed E-state index contributed by atoms with van der Waals surface area (Å²) in [6.07, 6.45) is -0.168. The van der Waals surface area contributed by atoms with Crippen molar-refractivity contribution in [1.29, 1.82) is 0 Å². The van der Waals surface area contributed by atoms with E-state index in [1.54, 1.807) is 43.3 Å². The summed E-state index contributed by atoms with van der Waals surface area (Å²) < 4.78 is 38.8. The van der Waals surface area contributed by atoms with Gasteiger partial charge in [0.25, 0.3) is 5.69 Å². The van der Waals surface area contributed by atoms with Crippen LogP contribution in [0.15, 0.2) is 70.1 Å². The van der Waals surface area contributed by atoms with Crippen molar-refractivity contribution in [3.05, 3.63) is 87.8 Å². The van der Waals surface area contributed by atoms with Crippen molar-refractivity contribution < 1.29 is 32.2 Å². The number of aryl methyl sites for hydroxylation is 1. The number of amides is 1. The topological polar surface area (TPSA) is 162 Å². The van der Waals surface area contributed by atoms with E-state index in [0.717, 1.165) is 12.1 Å². The molecule has 1 aromatic heterocycles. The van der Waals surface area contributed by atoms with Crippen LogP contribution in [0.4, 0.5) is 5.69 Å². The normalized spacial score (nSPS) is 18.2. The Hall–Kier alpha value is -4.10. The Balaban J connectivity index is 1.48. The number of benzene rings is 2. The Kier molecular flexibility index (Phi) is 8.72. The van der Waals surface area contributed by atoms with Crippen LogP contribution in [0.2, 0.25) is 0 Å². The number of carbonyl (C=O) groups excluding carboxylic acids is 2. The number of nitrogens with zero attached hydrogens (tertiary/aromatic N) is 3. The predicted molar refractivity (Wildman–Crippen MR) is 138 cm³/mol. The lowest BCUT2D eigenvalue weighted by Gasteiger charge is -2.25. The summed E-state index contributed by atoms with van der Waals surface area (Å²) in [5.74, 6) is -0.798. The maximum absolute atomic E-state index is 13.3. The van der Waals surface area contributed by atoms with Crippen molar-refractivity contribution in [2.45, 2.75) is 37.2 Å². The van der Waals surface area contributed by atoms with Gasteiger partial charge in [0, 0.05) is 43.8 Å². The Bertz CT molecular complexity index is 1420. The van der Waals surface area contributed by atoms with E-state index < -0.39 is 27.0 Å². The average Bonchev–Trinajstić information content (AvgIpc) is 3.22. The van der Waals surface area contributed by atoms with Crippen molar-refractivity contribution >= 4 is 27.6 Å². The minimum Gasteiger partial charge on any atom is -0.458 e. The summed E-state index contributed by atoms with van der Waals surface area (Å²) in [7, 11) is -3.96. The van der Waals surface area contributed by atoms with Crippen LogP contribution in [0.1, 0.15) is 34.7 Å². The number of hydrogen-bond donors (Lipinski definition) is 1. The molecule has 0 spiro atoms. The first-order valence-electron chi connectivity index (χ1n) is 12.3. The SMILES string of the molecule is Cc1cc(CC(=O)NC[C@H]2CCN(S(=O)(=O)c3ccc([N+](=O)[O-])cc3)CC[C@H]2OC(=O)c2ccccc2)on1. The summed E-state index contributed by atoms with van der Waals surface area (Å²) in [6.45, 7) is 2.08. The number of rotatable bonds is 9. The molecule has 12 nitrogen and oxygen atoms in total. The minimum absolute atomic E-state index is 0.0112. The minimum atomic E-state index is -3.96. The van der Waals surface area contributed by atoms with Crippen molar-refractivity contribution in [1.82, 2.24) is 14.8 Å². The second-order valence-electron chi connectivity index (χ2n) is 9.22. The molecule has 1 fully saturated rings. The summed E-state index contributed by atoms with van der Waals surface area (Å²) in [6, 6.07) is 14.8. The van der Waals surface area contributed by atoms with Crippen LogP contribution >= 0.6 is 0 Å². The van der Waals surface area contributed by atoms with E-state index in [4.69, 9.17) is 9.26 Å². The number of aromatic nitrogens is 1. The quantitative estimate of drug-likeness (QED) is 0.237. The van der Waals surface area contributed by atoms with Crippen LogP contribution in [-0.4, -0.2) is 60.4 Å². The second-order valence-corrected chi connectivity index (χ2v) is 11.2. The van der Waals surface area contributed by atoms with E-state index in [-0.39, 0.29) is 54.9 Å². The Labute approximate surface area is 225 Å². The molecule has 1 N–H and O–H groups in total. The van der Waals surface area contributed by atoms with Crippen molar-refractivity contribution in [2.75, 3.05) is 19.6 Å². The molecule has 0 bridgehead atoms. The molecule has 2 atom stereocenters. The maximum Gasteiger partial charge on any atom is 0.338 e. The van der Waals surface area contributed by atoms with Gasteiger partial charge in [-0.15, -0.1) is 0 Å². The van der Waals surface area contributed by atoms with Gasteiger partial charge in [-0.05, 0) is 44.0 Å². The molecule has 1 saturated heterocycles. The molecular formula is C26H28N4O8S. The van der Waals surface area contributed by atoms with Crippen LogP contribution in [-0.2, 0) is 26.0 Å². The smallest absolute Gasteiger partial charge is 0.338 e. The van der Waals surface area contributed by atoms with Crippen molar-refractivity contribution in [3.8, 4) is 0 Å². The molecule has 4 rings (SSSR count).